The van der Waals surface area contributed by atoms with Gasteiger partial charge in [-0.2, -0.15) is 0 Å². The van der Waals surface area contributed by atoms with Gasteiger partial charge in [-0.05, 0) is 49.7 Å². The summed E-state index contributed by atoms with van der Waals surface area (Å²) in [7, 11) is 0. The van der Waals surface area contributed by atoms with E-state index >= 15 is 0 Å². The van der Waals surface area contributed by atoms with Crippen molar-refractivity contribution in [1.82, 2.24) is 0 Å². The molecule has 120 valence electrons. The number of hydrogen-bond acceptors (Lipinski definition) is 3. The van der Waals surface area contributed by atoms with Crippen LogP contribution in [0.3, 0.4) is 0 Å². The van der Waals surface area contributed by atoms with Gasteiger partial charge in [-0.25, -0.2) is 0 Å². The number of ether oxygens (including phenoxy) is 1. The lowest BCUT2D eigenvalue weighted by Gasteiger charge is -2.17. The monoisotopic (exact) mass is 376 g/mol. The summed E-state index contributed by atoms with van der Waals surface area (Å²) >= 11 is 3.34. The Labute approximate surface area is 143 Å². The molecule has 5 nitrogen and oxygen atoms in total. The first-order chi connectivity index (χ1) is 10.9. The van der Waals surface area contributed by atoms with Gasteiger partial charge in [0.1, 0.15) is 5.75 Å². The summed E-state index contributed by atoms with van der Waals surface area (Å²) in [6.45, 7) is 3.48. The van der Waals surface area contributed by atoms with E-state index < -0.39 is 12.0 Å². The molecule has 2 rings (SSSR count). The number of halogens is 1. The first-order valence-corrected chi connectivity index (χ1v) is 7.79. The molecule has 0 saturated heterocycles. The fourth-order valence-electron chi connectivity index (χ4n) is 1.98. The van der Waals surface area contributed by atoms with Crippen molar-refractivity contribution >= 4 is 33.4 Å². The third-order valence-corrected chi connectivity index (χ3v) is 3.66. The van der Waals surface area contributed by atoms with E-state index in [4.69, 9.17) is 10.5 Å². The highest BCUT2D eigenvalue weighted by Crippen LogP contribution is 2.22. The van der Waals surface area contributed by atoms with Crippen LogP contribution in [0.1, 0.15) is 22.8 Å². The number of amides is 2. The van der Waals surface area contributed by atoms with Gasteiger partial charge in [0.25, 0.3) is 11.8 Å². The minimum Gasteiger partial charge on any atom is -0.480 e. The Balaban J connectivity index is 2.12. The van der Waals surface area contributed by atoms with Crippen molar-refractivity contribution in [2.24, 2.45) is 5.73 Å². The molecular weight excluding hydrogens is 360 g/mol. The van der Waals surface area contributed by atoms with Gasteiger partial charge in [0.15, 0.2) is 6.10 Å². The topological polar surface area (TPSA) is 81.4 Å². The molecule has 0 heterocycles. The van der Waals surface area contributed by atoms with E-state index in [1.54, 1.807) is 37.3 Å². The number of carbonyl (C=O) groups is 2. The summed E-state index contributed by atoms with van der Waals surface area (Å²) in [5.41, 5.74) is 7.14. The summed E-state index contributed by atoms with van der Waals surface area (Å²) in [6, 6.07) is 12.3. The van der Waals surface area contributed by atoms with E-state index in [0.29, 0.717) is 11.4 Å². The van der Waals surface area contributed by atoms with Gasteiger partial charge in [-0.15, -0.1) is 0 Å². The number of nitrogens with one attached hydrogen (secondary N) is 1. The Morgan fingerprint density at radius 3 is 2.61 bits per heavy atom. The number of primary amides is 1. The summed E-state index contributed by atoms with van der Waals surface area (Å²) in [5, 5.41) is 2.76. The number of anilines is 1. The van der Waals surface area contributed by atoms with Crippen molar-refractivity contribution < 1.29 is 14.3 Å². The maximum Gasteiger partial charge on any atom is 0.265 e. The number of benzene rings is 2. The van der Waals surface area contributed by atoms with Gasteiger partial charge < -0.3 is 15.8 Å². The summed E-state index contributed by atoms with van der Waals surface area (Å²) in [6.07, 6.45) is -0.783. The number of aryl methyl sites for hydroxylation is 1. The van der Waals surface area contributed by atoms with E-state index in [-0.39, 0.29) is 11.5 Å². The fourth-order valence-corrected chi connectivity index (χ4v) is 2.38. The standard InChI is InChI=1S/C17H17BrN2O3/c1-10-6-7-14(16(19)21)15(8-10)23-11(2)17(22)20-13-5-3-4-12(18)9-13/h3-9,11H,1-2H3,(H2,19,21)(H,20,22). The van der Waals surface area contributed by atoms with Crippen molar-refractivity contribution in [2.45, 2.75) is 20.0 Å². The van der Waals surface area contributed by atoms with Crippen LogP contribution in [0.15, 0.2) is 46.9 Å². The van der Waals surface area contributed by atoms with Gasteiger partial charge in [0.05, 0.1) is 5.56 Å². The SMILES string of the molecule is Cc1ccc(C(N)=O)c(OC(C)C(=O)Nc2cccc(Br)c2)c1. The first-order valence-electron chi connectivity index (χ1n) is 7.00. The van der Waals surface area contributed by atoms with Crippen molar-refractivity contribution in [3.05, 3.63) is 58.1 Å². The maximum absolute atomic E-state index is 12.2. The molecule has 0 bridgehead atoms. The summed E-state index contributed by atoms with van der Waals surface area (Å²) in [5.74, 6) is -0.617. The predicted octanol–water partition coefficient (Wildman–Crippen LogP) is 3.26. The molecule has 0 aliphatic heterocycles. The molecule has 1 unspecified atom stereocenters. The third-order valence-electron chi connectivity index (χ3n) is 3.17. The van der Waals surface area contributed by atoms with Gasteiger partial charge in [-0.1, -0.05) is 28.1 Å². The van der Waals surface area contributed by atoms with Crippen LogP contribution in [0.5, 0.6) is 5.75 Å². The molecule has 0 saturated carbocycles. The van der Waals surface area contributed by atoms with Crippen LogP contribution in [0.25, 0.3) is 0 Å². The molecule has 0 fully saturated rings. The molecule has 2 amide bonds. The highest BCUT2D eigenvalue weighted by Gasteiger charge is 2.18. The summed E-state index contributed by atoms with van der Waals surface area (Å²) < 4.78 is 6.49. The normalized spacial score (nSPS) is 11.6. The van der Waals surface area contributed by atoms with Crippen LogP contribution in [-0.2, 0) is 4.79 Å². The van der Waals surface area contributed by atoms with Crippen molar-refractivity contribution in [3.8, 4) is 5.75 Å². The molecule has 0 spiro atoms. The second kappa shape index (κ2) is 7.28. The highest BCUT2D eigenvalue weighted by molar-refractivity contribution is 9.10. The molecule has 6 heteroatoms. The van der Waals surface area contributed by atoms with Crippen molar-refractivity contribution in [1.29, 1.82) is 0 Å². The van der Waals surface area contributed by atoms with E-state index in [1.165, 1.54) is 0 Å². The van der Waals surface area contributed by atoms with Crippen LogP contribution in [0.2, 0.25) is 0 Å². The van der Waals surface area contributed by atoms with Gasteiger partial charge in [0.2, 0.25) is 0 Å². The lowest BCUT2D eigenvalue weighted by atomic mass is 10.1. The molecule has 23 heavy (non-hydrogen) atoms. The average molecular weight is 377 g/mol. The Morgan fingerprint density at radius 2 is 1.96 bits per heavy atom. The van der Waals surface area contributed by atoms with Crippen molar-refractivity contribution in [2.75, 3.05) is 5.32 Å². The third kappa shape index (κ3) is 4.56. The van der Waals surface area contributed by atoms with Gasteiger partial charge in [-0.3, -0.25) is 9.59 Å². The second-order valence-corrected chi connectivity index (χ2v) is 6.04. The molecule has 3 N–H and O–H groups in total. The van der Waals surface area contributed by atoms with E-state index in [2.05, 4.69) is 21.2 Å². The second-order valence-electron chi connectivity index (χ2n) is 5.12. The zero-order valence-corrected chi connectivity index (χ0v) is 14.4. The van der Waals surface area contributed by atoms with E-state index in [1.807, 2.05) is 19.1 Å². The summed E-state index contributed by atoms with van der Waals surface area (Å²) in [4.78, 5) is 23.7. The van der Waals surface area contributed by atoms with E-state index in [9.17, 15) is 9.59 Å². The lowest BCUT2D eigenvalue weighted by Crippen LogP contribution is -2.31. The number of hydrogen-bond donors (Lipinski definition) is 2. The first kappa shape index (κ1) is 17.0. The zero-order valence-electron chi connectivity index (χ0n) is 12.8. The molecule has 0 radical (unpaired) electrons. The molecule has 1 atom stereocenters. The van der Waals surface area contributed by atoms with Crippen LogP contribution in [0, 0.1) is 6.92 Å². The molecule has 0 aliphatic carbocycles. The average Bonchev–Trinajstić information content (AvgIpc) is 2.46. The van der Waals surface area contributed by atoms with E-state index in [0.717, 1.165) is 10.0 Å². The number of carbonyl (C=O) groups excluding carboxylic acids is 2. The Hall–Kier alpha value is -2.34. The lowest BCUT2D eigenvalue weighted by molar-refractivity contribution is -0.122. The Kier molecular flexibility index (Phi) is 5.39. The quantitative estimate of drug-likeness (QED) is 0.839. The number of rotatable bonds is 5. The molecular formula is C17H17BrN2O3. The maximum atomic E-state index is 12.2. The van der Waals surface area contributed by atoms with Gasteiger partial charge >= 0.3 is 0 Å². The fraction of sp³-hybridized carbons (Fsp3) is 0.176. The molecule has 2 aromatic rings. The van der Waals surface area contributed by atoms with Crippen LogP contribution >= 0.6 is 15.9 Å². The Morgan fingerprint density at radius 1 is 1.22 bits per heavy atom. The zero-order chi connectivity index (χ0) is 17.0. The van der Waals surface area contributed by atoms with Crippen LogP contribution in [0.4, 0.5) is 5.69 Å². The highest BCUT2D eigenvalue weighted by atomic mass is 79.9. The van der Waals surface area contributed by atoms with Gasteiger partial charge in [0, 0.05) is 10.2 Å². The largest absolute Gasteiger partial charge is 0.480 e. The smallest absolute Gasteiger partial charge is 0.265 e. The minimum atomic E-state index is -0.783. The molecule has 0 aromatic heterocycles. The molecule has 2 aromatic carbocycles. The minimum absolute atomic E-state index is 0.248. The van der Waals surface area contributed by atoms with Crippen LogP contribution in [-0.4, -0.2) is 17.9 Å². The van der Waals surface area contributed by atoms with Crippen LogP contribution < -0.4 is 15.8 Å². The molecule has 0 aliphatic rings. The predicted molar refractivity (Wildman–Crippen MR) is 92.6 cm³/mol. The van der Waals surface area contributed by atoms with Crippen molar-refractivity contribution in [3.63, 3.8) is 0 Å². The Bertz CT molecular complexity index is 746. The number of nitrogens with two attached hydrogens (primary N) is 1.